The minimum Gasteiger partial charge on any atom is -0.497 e. The summed E-state index contributed by atoms with van der Waals surface area (Å²) < 4.78 is 7.31. The van der Waals surface area contributed by atoms with Crippen molar-refractivity contribution >= 4 is 16.3 Å². The smallest absolute Gasteiger partial charge is 0.216 e. The predicted octanol–water partition coefficient (Wildman–Crippen LogP) is 4.13. The van der Waals surface area contributed by atoms with Gasteiger partial charge in [0.15, 0.2) is 5.82 Å². The van der Waals surface area contributed by atoms with E-state index in [0.717, 1.165) is 33.4 Å². The molecule has 4 aromatic rings. The number of benzene rings is 2. The number of ether oxygens (including phenoxy) is 1. The van der Waals surface area contributed by atoms with Crippen molar-refractivity contribution in [3.8, 4) is 28.4 Å². The first-order valence-corrected chi connectivity index (χ1v) is 7.77. The van der Waals surface area contributed by atoms with Crippen LogP contribution in [0.1, 0.15) is 0 Å². The minimum absolute atomic E-state index is 0.832. The van der Waals surface area contributed by atoms with Crippen LogP contribution in [0.5, 0.6) is 5.75 Å². The second kappa shape index (κ2) is 5.27. The molecule has 0 bridgehead atoms. The molecule has 0 spiro atoms. The highest BCUT2D eigenvalue weighted by Gasteiger charge is 2.14. The van der Waals surface area contributed by atoms with Crippen molar-refractivity contribution < 1.29 is 4.74 Å². The molecule has 4 rings (SSSR count). The number of hydrogen-bond donors (Lipinski definition) is 0. The molecule has 2 aromatic heterocycles. The molecule has 108 valence electrons. The second-order valence-electron chi connectivity index (χ2n) is 4.86. The Morgan fingerprint density at radius 2 is 1.68 bits per heavy atom. The number of hydrogen-bond acceptors (Lipinski definition) is 4. The van der Waals surface area contributed by atoms with E-state index in [1.165, 1.54) is 0 Å². The lowest BCUT2D eigenvalue weighted by Gasteiger charge is -2.04. The predicted molar refractivity (Wildman–Crippen MR) is 88.3 cm³/mol. The molecule has 0 saturated heterocycles. The van der Waals surface area contributed by atoms with Gasteiger partial charge in [-0.05, 0) is 29.8 Å². The fourth-order valence-electron chi connectivity index (χ4n) is 2.46. The molecule has 0 aliphatic carbocycles. The average molecular weight is 307 g/mol. The molecule has 0 radical (unpaired) electrons. The third kappa shape index (κ3) is 2.07. The van der Waals surface area contributed by atoms with Gasteiger partial charge in [0.2, 0.25) is 4.96 Å². The van der Waals surface area contributed by atoms with Crippen LogP contribution in [0.4, 0.5) is 0 Å². The van der Waals surface area contributed by atoms with E-state index in [-0.39, 0.29) is 0 Å². The number of thiazole rings is 1. The summed E-state index contributed by atoms with van der Waals surface area (Å²) in [6.45, 7) is 0. The van der Waals surface area contributed by atoms with Crippen molar-refractivity contribution in [2.75, 3.05) is 7.11 Å². The summed E-state index contributed by atoms with van der Waals surface area (Å²) in [4.78, 5) is 0.893. The van der Waals surface area contributed by atoms with Crippen LogP contribution in [-0.2, 0) is 0 Å². The van der Waals surface area contributed by atoms with Crippen molar-refractivity contribution in [3.63, 3.8) is 0 Å². The Labute approximate surface area is 131 Å². The molecule has 2 heterocycles. The minimum atomic E-state index is 0.832. The van der Waals surface area contributed by atoms with Gasteiger partial charge < -0.3 is 4.74 Å². The molecule has 0 amide bonds. The topological polar surface area (TPSA) is 39.4 Å². The van der Waals surface area contributed by atoms with E-state index in [2.05, 4.69) is 32.1 Å². The zero-order valence-electron chi connectivity index (χ0n) is 11.9. The monoisotopic (exact) mass is 307 g/mol. The summed E-state index contributed by atoms with van der Waals surface area (Å²) in [5.74, 6) is 1.68. The Morgan fingerprint density at radius 3 is 2.41 bits per heavy atom. The van der Waals surface area contributed by atoms with Crippen molar-refractivity contribution in [2.24, 2.45) is 0 Å². The second-order valence-corrected chi connectivity index (χ2v) is 5.69. The zero-order valence-corrected chi connectivity index (χ0v) is 12.7. The van der Waals surface area contributed by atoms with Crippen molar-refractivity contribution in [2.45, 2.75) is 0 Å². The van der Waals surface area contributed by atoms with Crippen molar-refractivity contribution in [1.82, 2.24) is 14.6 Å². The number of methoxy groups -OCH3 is 1. The first-order valence-electron chi connectivity index (χ1n) is 6.89. The maximum absolute atomic E-state index is 5.21. The Kier molecular flexibility index (Phi) is 3.12. The highest BCUT2D eigenvalue weighted by molar-refractivity contribution is 7.15. The van der Waals surface area contributed by atoms with Crippen LogP contribution in [0.2, 0.25) is 0 Å². The lowest BCUT2D eigenvalue weighted by Crippen LogP contribution is -1.91. The van der Waals surface area contributed by atoms with E-state index < -0.39 is 0 Å². The number of aromatic nitrogens is 3. The van der Waals surface area contributed by atoms with E-state index in [1.54, 1.807) is 18.4 Å². The third-order valence-electron chi connectivity index (χ3n) is 3.57. The van der Waals surface area contributed by atoms with Gasteiger partial charge >= 0.3 is 0 Å². The molecule has 0 aliphatic rings. The van der Waals surface area contributed by atoms with E-state index in [9.17, 15) is 0 Å². The highest BCUT2D eigenvalue weighted by atomic mass is 32.1. The Hall–Kier alpha value is -2.66. The standard InChI is InChI=1S/C17H13N3OS/c1-21-14-9-7-13(8-10-14)16-18-19-17-20(16)15(11-22-17)12-5-3-2-4-6-12/h2-11H,1H3. The molecule has 0 N–H and O–H groups in total. The van der Waals surface area contributed by atoms with Crippen LogP contribution in [0.15, 0.2) is 60.0 Å². The lowest BCUT2D eigenvalue weighted by atomic mass is 10.1. The molecule has 4 nitrogen and oxygen atoms in total. The van der Waals surface area contributed by atoms with E-state index in [1.807, 2.05) is 42.5 Å². The molecule has 0 saturated carbocycles. The third-order valence-corrected chi connectivity index (χ3v) is 4.38. The SMILES string of the molecule is COc1ccc(-c2nnc3scc(-c4ccccc4)n23)cc1. The van der Waals surface area contributed by atoms with Crippen LogP contribution < -0.4 is 4.74 Å². The van der Waals surface area contributed by atoms with Gasteiger partial charge in [-0.25, -0.2) is 0 Å². The molecule has 0 atom stereocenters. The zero-order chi connectivity index (χ0) is 14.9. The van der Waals surface area contributed by atoms with Crippen molar-refractivity contribution in [3.05, 3.63) is 60.0 Å². The summed E-state index contributed by atoms with van der Waals surface area (Å²) >= 11 is 1.60. The van der Waals surface area contributed by atoms with Crippen molar-refractivity contribution in [1.29, 1.82) is 0 Å². The molecule has 0 aliphatic heterocycles. The summed E-state index contributed by atoms with van der Waals surface area (Å²) in [6, 6.07) is 18.2. The van der Waals surface area contributed by atoms with Crippen LogP contribution in [0.3, 0.4) is 0 Å². The largest absolute Gasteiger partial charge is 0.497 e. The lowest BCUT2D eigenvalue weighted by molar-refractivity contribution is 0.415. The van der Waals surface area contributed by atoms with Gasteiger partial charge in [0.05, 0.1) is 12.8 Å². The van der Waals surface area contributed by atoms with Crippen LogP contribution in [-0.4, -0.2) is 21.7 Å². The maximum atomic E-state index is 5.21. The van der Waals surface area contributed by atoms with Gasteiger partial charge in [0.1, 0.15) is 5.75 Å². The van der Waals surface area contributed by atoms with Gasteiger partial charge in [-0.15, -0.1) is 21.5 Å². The molecule has 22 heavy (non-hydrogen) atoms. The molecular weight excluding hydrogens is 294 g/mol. The van der Waals surface area contributed by atoms with Gasteiger partial charge in [-0.3, -0.25) is 4.40 Å². The van der Waals surface area contributed by atoms with Crippen LogP contribution >= 0.6 is 11.3 Å². The van der Waals surface area contributed by atoms with E-state index in [4.69, 9.17) is 4.74 Å². The number of nitrogens with zero attached hydrogens (tertiary/aromatic N) is 3. The Balaban J connectivity index is 1.90. The van der Waals surface area contributed by atoms with Gasteiger partial charge in [-0.1, -0.05) is 30.3 Å². The van der Waals surface area contributed by atoms with Gasteiger partial charge in [-0.2, -0.15) is 0 Å². The van der Waals surface area contributed by atoms with Crippen LogP contribution in [0.25, 0.3) is 27.6 Å². The fourth-order valence-corrected chi connectivity index (χ4v) is 3.29. The Bertz CT molecular complexity index is 910. The maximum Gasteiger partial charge on any atom is 0.216 e. The highest BCUT2D eigenvalue weighted by Crippen LogP contribution is 2.30. The molecular formula is C17H13N3OS. The summed E-state index contributed by atoms with van der Waals surface area (Å²) in [6.07, 6.45) is 0. The normalized spacial score (nSPS) is 11.0. The summed E-state index contributed by atoms with van der Waals surface area (Å²) in [5, 5.41) is 10.8. The fraction of sp³-hybridized carbons (Fsp3) is 0.0588. The number of rotatable bonds is 3. The molecule has 2 aromatic carbocycles. The Morgan fingerprint density at radius 1 is 0.909 bits per heavy atom. The first kappa shape index (κ1) is 13.0. The van der Waals surface area contributed by atoms with Crippen LogP contribution in [0, 0.1) is 0 Å². The molecule has 0 fully saturated rings. The molecule has 0 unspecified atom stereocenters. The van der Waals surface area contributed by atoms with Gasteiger partial charge in [0.25, 0.3) is 0 Å². The quantitative estimate of drug-likeness (QED) is 0.571. The van der Waals surface area contributed by atoms with Gasteiger partial charge in [0, 0.05) is 10.9 Å². The first-order chi connectivity index (χ1) is 10.9. The summed E-state index contributed by atoms with van der Waals surface area (Å²) in [7, 11) is 1.66. The van der Waals surface area contributed by atoms with E-state index >= 15 is 0 Å². The van der Waals surface area contributed by atoms with E-state index in [0.29, 0.717) is 0 Å². The molecule has 5 heteroatoms. The average Bonchev–Trinajstić information content (AvgIpc) is 3.17. The number of fused-ring (bicyclic) bond motifs is 1. The summed E-state index contributed by atoms with van der Waals surface area (Å²) in [5.41, 5.74) is 3.28.